The SMILES string of the molecule is CC(C)(C)C(=O)Oc1ccc2c(-c3ccc4cccccc3-4)ccccc1-2. The predicted octanol–water partition coefficient (Wildman–Crippen LogP) is 6.51. The van der Waals surface area contributed by atoms with E-state index in [4.69, 9.17) is 4.74 Å². The Hall–Kier alpha value is -3.13. The second-order valence-corrected chi connectivity index (χ2v) is 7.82. The predicted molar refractivity (Wildman–Crippen MR) is 110 cm³/mol. The summed E-state index contributed by atoms with van der Waals surface area (Å²) in [6, 6.07) is 26.8. The largest absolute Gasteiger partial charge is 0.425 e. The van der Waals surface area contributed by atoms with Crippen LogP contribution in [-0.4, -0.2) is 5.97 Å². The van der Waals surface area contributed by atoms with Crippen molar-refractivity contribution in [1.82, 2.24) is 0 Å². The van der Waals surface area contributed by atoms with Gasteiger partial charge in [-0.25, -0.2) is 0 Å². The molecule has 0 atom stereocenters. The molecule has 27 heavy (non-hydrogen) atoms. The molecule has 0 spiro atoms. The van der Waals surface area contributed by atoms with Gasteiger partial charge in [-0.1, -0.05) is 66.7 Å². The monoisotopic (exact) mass is 354 g/mol. The van der Waals surface area contributed by atoms with Crippen molar-refractivity contribution < 1.29 is 9.53 Å². The van der Waals surface area contributed by atoms with Crippen molar-refractivity contribution >= 4 is 5.97 Å². The molecular weight excluding hydrogens is 332 g/mol. The molecule has 0 aromatic carbocycles. The van der Waals surface area contributed by atoms with E-state index in [-0.39, 0.29) is 5.97 Å². The van der Waals surface area contributed by atoms with Crippen molar-refractivity contribution in [2.75, 3.05) is 0 Å². The zero-order chi connectivity index (χ0) is 19.0. The van der Waals surface area contributed by atoms with Crippen molar-refractivity contribution in [3.05, 3.63) is 78.9 Å². The van der Waals surface area contributed by atoms with Gasteiger partial charge >= 0.3 is 5.97 Å². The highest BCUT2D eigenvalue weighted by Crippen LogP contribution is 2.44. The van der Waals surface area contributed by atoms with E-state index >= 15 is 0 Å². The number of ether oxygens (including phenoxy) is 1. The van der Waals surface area contributed by atoms with Crippen LogP contribution in [0.4, 0.5) is 0 Å². The molecule has 0 unspecified atom stereocenters. The van der Waals surface area contributed by atoms with Crippen molar-refractivity contribution in [3.63, 3.8) is 0 Å². The number of hydrogen-bond donors (Lipinski definition) is 0. The minimum absolute atomic E-state index is 0.228. The summed E-state index contributed by atoms with van der Waals surface area (Å²) in [4.78, 5) is 12.4. The maximum absolute atomic E-state index is 12.4. The molecule has 2 heteroatoms. The van der Waals surface area contributed by atoms with Gasteiger partial charge in [-0.2, -0.15) is 0 Å². The lowest BCUT2D eigenvalue weighted by Crippen LogP contribution is -2.25. The molecule has 0 aliphatic heterocycles. The smallest absolute Gasteiger partial charge is 0.316 e. The van der Waals surface area contributed by atoms with Gasteiger partial charge in [-0.15, -0.1) is 0 Å². The molecule has 4 aliphatic carbocycles. The summed E-state index contributed by atoms with van der Waals surface area (Å²) in [5.74, 6) is 0.387. The Kier molecular flexibility index (Phi) is 4.19. The van der Waals surface area contributed by atoms with E-state index in [1.807, 2.05) is 57.2 Å². The molecule has 0 radical (unpaired) electrons. The van der Waals surface area contributed by atoms with Crippen LogP contribution in [0.5, 0.6) is 5.75 Å². The summed E-state index contributed by atoms with van der Waals surface area (Å²) in [7, 11) is 0. The summed E-state index contributed by atoms with van der Waals surface area (Å²) in [6.45, 7) is 5.59. The first-order valence-corrected chi connectivity index (χ1v) is 9.17. The molecule has 134 valence electrons. The molecule has 0 saturated heterocycles. The summed E-state index contributed by atoms with van der Waals surface area (Å²) in [6.07, 6.45) is 0. The fourth-order valence-electron chi connectivity index (χ4n) is 3.30. The minimum atomic E-state index is -0.542. The quantitative estimate of drug-likeness (QED) is 0.383. The third kappa shape index (κ3) is 3.19. The molecule has 4 aliphatic rings. The van der Waals surface area contributed by atoms with Crippen molar-refractivity contribution in [2.24, 2.45) is 5.41 Å². The number of esters is 1. The topological polar surface area (TPSA) is 26.3 Å². The Bertz CT molecular complexity index is 1060. The van der Waals surface area contributed by atoms with Gasteiger partial charge in [0, 0.05) is 5.56 Å². The molecule has 0 aromatic heterocycles. The van der Waals surface area contributed by atoms with E-state index in [1.54, 1.807) is 0 Å². The van der Waals surface area contributed by atoms with Crippen LogP contribution < -0.4 is 4.74 Å². The molecule has 0 fully saturated rings. The van der Waals surface area contributed by atoms with Gasteiger partial charge in [0.05, 0.1) is 5.41 Å². The van der Waals surface area contributed by atoms with Gasteiger partial charge in [-0.05, 0) is 60.7 Å². The summed E-state index contributed by atoms with van der Waals surface area (Å²) >= 11 is 0. The molecule has 2 nitrogen and oxygen atoms in total. The fourth-order valence-corrected chi connectivity index (χ4v) is 3.30. The first-order chi connectivity index (χ1) is 12.9. The summed E-state index contributed by atoms with van der Waals surface area (Å²) < 4.78 is 5.71. The van der Waals surface area contributed by atoms with Gasteiger partial charge in [0.25, 0.3) is 0 Å². The Morgan fingerprint density at radius 1 is 0.630 bits per heavy atom. The number of carbonyl (C=O) groups excluding carboxylic acids is 1. The first-order valence-electron chi connectivity index (χ1n) is 9.17. The van der Waals surface area contributed by atoms with Gasteiger partial charge in [0.1, 0.15) is 5.75 Å². The summed E-state index contributed by atoms with van der Waals surface area (Å²) in [5, 5.41) is 0. The minimum Gasteiger partial charge on any atom is -0.425 e. The molecule has 0 aromatic rings. The van der Waals surface area contributed by atoms with Gasteiger partial charge in [0.2, 0.25) is 0 Å². The number of hydrogen-bond acceptors (Lipinski definition) is 2. The van der Waals surface area contributed by atoms with Gasteiger partial charge in [-0.3, -0.25) is 4.79 Å². The number of rotatable bonds is 2. The van der Waals surface area contributed by atoms with E-state index in [0.29, 0.717) is 5.75 Å². The fraction of sp³-hybridized carbons (Fsp3) is 0.160. The average molecular weight is 354 g/mol. The second-order valence-electron chi connectivity index (χ2n) is 7.82. The van der Waals surface area contributed by atoms with E-state index in [1.165, 1.54) is 16.7 Å². The first kappa shape index (κ1) is 17.3. The van der Waals surface area contributed by atoms with E-state index in [2.05, 4.69) is 42.5 Å². The molecule has 0 N–H and O–H groups in total. The van der Waals surface area contributed by atoms with Crippen LogP contribution in [0.15, 0.2) is 78.9 Å². The lowest BCUT2D eigenvalue weighted by molar-refractivity contribution is -0.142. The molecule has 4 rings (SSSR count). The van der Waals surface area contributed by atoms with Crippen LogP contribution in [0, 0.1) is 5.41 Å². The maximum Gasteiger partial charge on any atom is 0.316 e. The standard InChI is InChI=1S/C25H22O2/c1-25(2,3)24(26)27-23-16-15-21-19(11-7-8-12-22(21)23)20-14-13-17-9-5-4-6-10-18(17)20/h4-16H,1-3H3. The third-order valence-electron chi connectivity index (χ3n) is 4.78. The molecule has 0 heterocycles. The Balaban J connectivity index is 1.81. The van der Waals surface area contributed by atoms with E-state index in [0.717, 1.165) is 16.7 Å². The van der Waals surface area contributed by atoms with Crippen LogP contribution in [0.3, 0.4) is 0 Å². The van der Waals surface area contributed by atoms with E-state index in [9.17, 15) is 4.79 Å². The lowest BCUT2D eigenvalue weighted by atomic mass is 9.97. The molecule has 0 bridgehead atoms. The zero-order valence-electron chi connectivity index (χ0n) is 15.8. The normalized spacial score (nSPS) is 11.7. The van der Waals surface area contributed by atoms with E-state index < -0.39 is 5.41 Å². The second kappa shape index (κ2) is 6.55. The highest BCUT2D eigenvalue weighted by atomic mass is 16.5. The van der Waals surface area contributed by atoms with Crippen LogP contribution in [-0.2, 0) is 4.79 Å². The number of carbonyl (C=O) groups is 1. The zero-order valence-corrected chi connectivity index (χ0v) is 15.8. The highest BCUT2D eigenvalue weighted by molar-refractivity contribution is 5.96. The highest BCUT2D eigenvalue weighted by Gasteiger charge is 2.26. The number of fused-ring (bicyclic) bond motifs is 2. The van der Waals surface area contributed by atoms with Gasteiger partial charge in [0.15, 0.2) is 0 Å². The average Bonchev–Trinajstić information content (AvgIpc) is 3.02. The van der Waals surface area contributed by atoms with Crippen molar-refractivity contribution in [1.29, 1.82) is 0 Å². The van der Waals surface area contributed by atoms with Crippen molar-refractivity contribution in [2.45, 2.75) is 20.8 Å². The Labute approximate surface area is 160 Å². The van der Waals surface area contributed by atoms with Crippen LogP contribution >= 0.6 is 0 Å². The van der Waals surface area contributed by atoms with Crippen molar-refractivity contribution in [3.8, 4) is 39.1 Å². The Morgan fingerprint density at radius 2 is 1.19 bits per heavy atom. The Morgan fingerprint density at radius 3 is 1.96 bits per heavy atom. The molecule has 0 amide bonds. The molecular formula is C25H22O2. The van der Waals surface area contributed by atoms with Crippen LogP contribution in [0.25, 0.3) is 33.4 Å². The maximum atomic E-state index is 12.4. The molecule has 0 saturated carbocycles. The van der Waals surface area contributed by atoms with Gasteiger partial charge < -0.3 is 4.74 Å². The lowest BCUT2D eigenvalue weighted by Gasteiger charge is -2.16. The van der Waals surface area contributed by atoms with Crippen LogP contribution in [0.2, 0.25) is 0 Å². The van der Waals surface area contributed by atoms with Crippen LogP contribution in [0.1, 0.15) is 20.8 Å². The summed E-state index contributed by atoms with van der Waals surface area (Å²) in [5.41, 5.74) is 6.22. The third-order valence-corrected chi connectivity index (χ3v) is 4.78.